The number of aliphatic hydroxyl groups excluding tert-OH is 1. The summed E-state index contributed by atoms with van der Waals surface area (Å²) < 4.78 is 0. The minimum atomic E-state index is -1.54. The summed E-state index contributed by atoms with van der Waals surface area (Å²) in [4.78, 5) is 53.6. The van der Waals surface area contributed by atoms with Gasteiger partial charge in [-0.2, -0.15) is 11.8 Å². The van der Waals surface area contributed by atoms with Gasteiger partial charge < -0.3 is 42.6 Å². The lowest BCUT2D eigenvalue weighted by atomic mass is 10.0. The minimum absolute atomic E-state index is 0.0428. The smallest absolute Gasteiger partial charge is 0.328 e. The summed E-state index contributed by atoms with van der Waals surface area (Å²) in [6, 6.07) is 2.93. The molecule has 1 heterocycles. The zero-order valence-corrected chi connectivity index (χ0v) is 22.3. The van der Waals surface area contributed by atoms with Gasteiger partial charge >= 0.3 is 5.97 Å². The van der Waals surface area contributed by atoms with Gasteiger partial charge in [-0.25, -0.2) is 4.79 Å². The van der Waals surface area contributed by atoms with E-state index in [-0.39, 0.29) is 6.42 Å². The number of fused-ring (bicyclic) bond motifs is 1. The number of aliphatic carboxylic acids is 1. The third-order valence-corrected chi connectivity index (χ3v) is 6.72. The van der Waals surface area contributed by atoms with Crippen molar-refractivity contribution in [3.8, 4) is 0 Å². The number of carboxylic acids is 1. The normalized spacial score (nSPS) is 14.3. The predicted molar refractivity (Wildman–Crippen MR) is 146 cm³/mol. The first kappa shape index (κ1) is 31.1. The van der Waals surface area contributed by atoms with Crippen LogP contribution in [0.1, 0.15) is 31.2 Å². The van der Waals surface area contributed by atoms with E-state index in [1.165, 1.54) is 11.8 Å². The number of amides is 3. The highest BCUT2D eigenvalue weighted by atomic mass is 32.2. The Morgan fingerprint density at radius 3 is 2.29 bits per heavy atom. The molecule has 0 spiro atoms. The summed E-state index contributed by atoms with van der Waals surface area (Å²) in [7, 11) is 0. The van der Waals surface area contributed by atoms with Gasteiger partial charge in [-0.15, -0.1) is 0 Å². The largest absolute Gasteiger partial charge is 0.480 e. The van der Waals surface area contributed by atoms with Crippen LogP contribution in [0, 0.1) is 0 Å². The molecule has 0 aliphatic rings. The first-order valence-corrected chi connectivity index (χ1v) is 13.9. The van der Waals surface area contributed by atoms with Gasteiger partial charge in [0, 0.05) is 23.5 Å². The number of nitrogens with one attached hydrogen (secondary N) is 4. The highest BCUT2D eigenvalue weighted by molar-refractivity contribution is 7.98. The Morgan fingerprint density at radius 2 is 1.63 bits per heavy atom. The minimum Gasteiger partial charge on any atom is -0.480 e. The van der Waals surface area contributed by atoms with Crippen LogP contribution < -0.4 is 27.4 Å². The average Bonchev–Trinajstić information content (AvgIpc) is 3.31. The number of carboxylic acid groups (broad SMARTS) is 1. The van der Waals surface area contributed by atoms with Crippen molar-refractivity contribution in [2.75, 3.05) is 25.2 Å². The average molecular weight is 551 g/mol. The quantitative estimate of drug-likeness (QED) is 0.119. The molecular weight excluding hydrogens is 512 g/mol. The third kappa shape index (κ3) is 9.31. The zero-order valence-electron chi connectivity index (χ0n) is 21.4. The first-order valence-electron chi connectivity index (χ1n) is 12.5. The van der Waals surface area contributed by atoms with Crippen LogP contribution >= 0.6 is 11.8 Å². The Morgan fingerprint density at radius 1 is 0.974 bits per heavy atom. The first-order chi connectivity index (χ1) is 18.2. The van der Waals surface area contributed by atoms with Crippen molar-refractivity contribution < 1.29 is 29.4 Å². The number of nitrogens with two attached hydrogens (primary N) is 2. The third-order valence-electron chi connectivity index (χ3n) is 6.08. The van der Waals surface area contributed by atoms with Crippen molar-refractivity contribution in [1.29, 1.82) is 0 Å². The molecule has 0 radical (unpaired) electrons. The van der Waals surface area contributed by atoms with Crippen LogP contribution in [-0.4, -0.2) is 88.2 Å². The lowest BCUT2D eigenvalue weighted by Gasteiger charge is -2.25. The van der Waals surface area contributed by atoms with E-state index in [9.17, 15) is 29.4 Å². The van der Waals surface area contributed by atoms with E-state index in [4.69, 9.17) is 11.5 Å². The molecule has 1 aromatic heterocycles. The Kier molecular flexibility index (Phi) is 13.1. The number of carbonyl (C=O) groups is 4. The maximum atomic E-state index is 13.3. The van der Waals surface area contributed by atoms with Gasteiger partial charge in [-0.3, -0.25) is 14.4 Å². The number of rotatable bonds is 17. The molecule has 210 valence electrons. The van der Waals surface area contributed by atoms with E-state index in [1.807, 2.05) is 30.5 Å². The maximum Gasteiger partial charge on any atom is 0.328 e. The summed E-state index contributed by atoms with van der Waals surface area (Å²) in [5.41, 5.74) is 13.0. The van der Waals surface area contributed by atoms with Crippen LogP contribution in [-0.2, 0) is 25.6 Å². The van der Waals surface area contributed by atoms with Crippen LogP contribution in [0.3, 0.4) is 0 Å². The van der Waals surface area contributed by atoms with E-state index < -0.39 is 54.5 Å². The Labute approximate surface area is 225 Å². The number of carbonyl (C=O) groups excluding carboxylic acids is 3. The van der Waals surface area contributed by atoms with Crippen LogP contribution in [0.15, 0.2) is 30.5 Å². The standard InChI is InChI=1S/C25H38N6O6S/c1-38-11-9-19(29-22(33)17(27)7-4-5-10-26)23(34)30-20(24(35)31-21(14-32)25(36)37)12-15-13-28-18-8-3-2-6-16(15)18/h2-3,6,8,13,17,19-21,28,32H,4-5,7,9-12,14,26-27H2,1H3,(H,29,33)(H,30,34)(H,31,35)(H,36,37). The summed E-state index contributed by atoms with van der Waals surface area (Å²) in [5, 5.41) is 27.1. The van der Waals surface area contributed by atoms with Gasteiger partial charge in [-0.05, 0) is 49.4 Å². The molecule has 2 rings (SSSR count). The van der Waals surface area contributed by atoms with Gasteiger partial charge in [0.25, 0.3) is 0 Å². The molecule has 0 aliphatic carbocycles. The lowest BCUT2D eigenvalue weighted by molar-refractivity contribution is -0.143. The number of benzene rings is 1. The number of hydrogen-bond acceptors (Lipinski definition) is 8. The number of aliphatic hydroxyl groups is 1. The van der Waals surface area contributed by atoms with Crippen LogP contribution in [0.4, 0.5) is 0 Å². The summed E-state index contributed by atoms with van der Waals surface area (Å²) in [5.74, 6) is -2.71. The van der Waals surface area contributed by atoms with Gasteiger partial charge in [-0.1, -0.05) is 24.6 Å². The fraction of sp³-hybridized carbons (Fsp3) is 0.520. The molecule has 38 heavy (non-hydrogen) atoms. The van der Waals surface area contributed by atoms with Crippen LogP contribution in [0.5, 0.6) is 0 Å². The van der Waals surface area contributed by atoms with Crippen molar-refractivity contribution in [1.82, 2.24) is 20.9 Å². The number of H-pyrrole nitrogens is 1. The van der Waals surface area contributed by atoms with Gasteiger partial charge in [0.2, 0.25) is 17.7 Å². The molecule has 0 bridgehead atoms. The second-order valence-corrected chi connectivity index (χ2v) is 9.93. The molecule has 13 heteroatoms. The van der Waals surface area contributed by atoms with Gasteiger partial charge in [0.15, 0.2) is 0 Å². The van der Waals surface area contributed by atoms with E-state index >= 15 is 0 Å². The lowest BCUT2D eigenvalue weighted by Crippen LogP contribution is -2.58. The molecule has 1 aromatic carbocycles. The number of thioether (sulfide) groups is 1. The highest BCUT2D eigenvalue weighted by Crippen LogP contribution is 2.19. The number of aromatic amines is 1. The molecule has 4 atom stereocenters. The van der Waals surface area contributed by atoms with Crippen molar-refractivity contribution in [3.63, 3.8) is 0 Å². The number of unbranched alkanes of at least 4 members (excludes halogenated alkanes) is 1. The molecule has 3 amide bonds. The van der Waals surface area contributed by atoms with E-state index in [1.54, 1.807) is 6.20 Å². The Hall–Kier alpha value is -3.13. The van der Waals surface area contributed by atoms with Crippen molar-refractivity contribution in [2.45, 2.75) is 56.3 Å². The van der Waals surface area contributed by atoms with E-state index in [2.05, 4.69) is 20.9 Å². The SMILES string of the molecule is CSCCC(NC(=O)C(N)CCCCN)C(=O)NC(Cc1c[nH]c2ccccc12)C(=O)NC(CO)C(=O)O. The summed E-state index contributed by atoms with van der Waals surface area (Å²) in [6.07, 6.45) is 5.74. The van der Waals surface area contributed by atoms with Gasteiger partial charge in [0.05, 0.1) is 12.6 Å². The Balaban J connectivity index is 2.23. The molecule has 0 aliphatic heterocycles. The highest BCUT2D eigenvalue weighted by Gasteiger charge is 2.30. The zero-order chi connectivity index (χ0) is 28.1. The number of aromatic nitrogens is 1. The Bertz CT molecular complexity index is 1080. The van der Waals surface area contributed by atoms with Gasteiger partial charge in [0.1, 0.15) is 18.1 Å². The molecule has 0 saturated heterocycles. The van der Waals surface area contributed by atoms with E-state index in [0.717, 1.165) is 22.9 Å². The molecule has 0 fully saturated rings. The van der Waals surface area contributed by atoms with Crippen molar-refractivity contribution in [2.24, 2.45) is 11.5 Å². The number of para-hydroxylation sites is 1. The fourth-order valence-electron chi connectivity index (χ4n) is 3.88. The predicted octanol–water partition coefficient (Wildman–Crippen LogP) is -0.549. The van der Waals surface area contributed by atoms with E-state index in [0.29, 0.717) is 31.6 Å². The molecule has 10 N–H and O–H groups in total. The molecule has 4 unspecified atom stereocenters. The fourth-order valence-corrected chi connectivity index (χ4v) is 4.35. The maximum absolute atomic E-state index is 13.3. The molecule has 2 aromatic rings. The second-order valence-electron chi connectivity index (χ2n) is 8.94. The monoisotopic (exact) mass is 550 g/mol. The number of hydrogen-bond donors (Lipinski definition) is 8. The topological polar surface area (TPSA) is 213 Å². The summed E-state index contributed by atoms with van der Waals surface area (Å²) in [6.45, 7) is -0.324. The summed E-state index contributed by atoms with van der Waals surface area (Å²) >= 11 is 1.49. The van der Waals surface area contributed by atoms with Crippen molar-refractivity contribution in [3.05, 3.63) is 36.0 Å². The second kappa shape index (κ2) is 16.0. The molecule has 0 saturated carbocycles. The molecular formula is C25H38N6O6S. The van der Waals surface area contributed by atoms with Crippen molar-refractivity contribution >= 4 is 46.4 Å². The van der Waals surface area contributed by atoms with Crippen LogP contribution in [0.2, 0.25) is 0 Å². The molecule has 12 nitrogen and oxygen atoms in total. The van der Waals surface area contributed by atoms with Crippen LogP contribution in [0.25, 0.3) is 10.9 Å².